The Morgan fingerprint density at radius 1 is 0.917 bits per heavy atom. The van der Waals surface area contributed by atoms with Crippen molar-refractivity contribution in [2.75, 3.05) is 7.11 Å². The quantitative estimate of drug-likeness (QED) is 0.724. The fraction of sp³-hybridized carbons (Fsp3) is 0.0526. The summed E-state index contributed by atoms with van der Waals surface area (Å²) in [6, 6.07) is 19.5. The van der Waals surface area contributed by atoms with Crippen molar-refractivity contribution in [1.29, 1.82) is 0 Å². The Kier molecular flexibility index (Phi) is 3.36. The second-order valence-corrected chi connectivity index (χ2v) is 7.76. The maximum atomic E-state index is 13.9. The lowest BCUT2D eigenvalue weighted by atomic mass is 10.0. The van der Waals surface area contributed by atoms with Gasteiger partial charge in [0, 0.05) is 5.56 Å². The molecule has 0 aromatic heterocycles. The van der Waals surface area contributed by atoms with E-state index in [1.807, 2.05) is 36.4 Å². The summed E-state index contributed by atoms with van der Waals surface area (Å²) in [5.41, 5.74) is 1.77. The second-order valence-electron chi connectivity index (χ2n) is 5.51. The van der Waals surface area contributed by atoms with Crippen LogP contribution in [0.3, 0.4) is 0 Å². The van der Waals surface area contributed by atoms with Crippen LogP contribution in [-0.2, 0) is 4.57 Å². The lowest BCUT2D eigenvalue weighted by Gasteiger charge is -2.29. The summed E-state index contributed by atoms with van der Waals surface area (Å²) >= 11 is 0. The molecule has 0 aliphatic carbocycles. The van der Waals surface area contributed by atoms with E-state index in [4.69, 9.17) is 9.26 Å². The number of hydrogen-bond donors (Lipinski definition) is 1. The topological polar surface area (TPSA) is 55.8 Å². The van der Waals surface area contributed by atoms with Crippen LogP contribution in [0.2, 0.25) is 0 Å². The van der Waals surface area contributed by atoms with Crippen molar-refractivity contribution in [2.45, 2.75) is 0 Å². The minimum Gasteiger partial charge on any atom is -0.508 e. The van der Waals surface area contributed by atoms with Crippen LogP contribution in [0.25, 0.3) is 11.1 Å². The standard InChI is InChI=1S/C19H15O4P/c1-22-17-11-10-13(20)12-19(17)24(21)18-9-5-3-7-15(18)14-6-2-4-8-16(14)23-24/h2-12,20H,1H3. The summed E-state index contributed by atoms with van der Waals surface area (Å²) in [6.07, 6.45) is 0. The van der Waals surface area contributed by atoms with Crippen LogP contribution in [0.5, 0.6) is 17.2 Å². The number of phenols is 1. The monoisotopic (exact) mass is 338 g/mol. The molecule has 4 nitrogen and oxygen atoms in total. The van der Waals surface area contributed by atoms with Gasteiger partial charge in [-0.15, -0.1) is 0 Å². The Morgan fingerprint density at radius 2 is 1.62 bits per heavy atom. The zero-order chi connectivity index (χ0) is 16.7. The van der Waals surface area contributed by atoms with Crippen molar-refractivity contribution >= 4 is 18.0 Å². The van der Waals surface area contributed by atoms with Crippen LogP contribution < -0.4 is 19.9 Å². The first-order chi connectivity index (χ1) is 11.6. The molecule has 1 aliphatic rings. The number of hydrogen-bond acceptors (Lipinski definition) is 4. The zero-order valence-electron chi connectivity index (χ0n) is 13.0. The van der Waals surface area contributed by atoms with Crippen LogP contribution >= 0.6 is 7.37 Å². The maximum absolute atomic E-state index is 13.9. The van der Waals surface area contributed by atoms with Gasteiger partial charge in [0.05, 0.1) is 17.7 Å². The van der Waals surface area contributed by atoms with Gasteiger partial charge in [-0.2, -0.15) is 0 Å². The lowest BCUT2D eigenvalue weighted by Crippen LogP contribution is -2.26. The fourth-order valence-electron chi connectivity index (χ4n) is 3.00. The van der Waals surface area contributed by atoms with Gasteiger partial charge in [0.2, 0.25) is 0 Å². The number of benzene rings is 3. The highest BCUT2D eigenvalue weighted by Gasteiger charge is 2.39. The average Bonchev–Trinajstić information content (AvgIpc) is 2.62. The van der Waals surface area contributed by atoms with Gasteiger partial charge >= 0.3 is 7.37 Å². The Labute approximate surface area is 139 Å². The highest BCUT2D eigenvalue weighted by molar-refractivity contribution is 7.75. The highest BCUT2D eigenvalue weighted by Crippen LogP contribution is 2.55. The van der Waals surface area contributed by atoms with E-state index in [1.165, 1.54) is 19.2 Å². The summed E-state index contributed by atoms with van der Waals surface area (Å²) in [4.78, 5) is 0. The molecule has 1 heterocycles. The first-order valence-corrected chi connectivity index (χ1v) is 9.12. The molecule has 24 heavy (non-hydrogen) atoms. The van der Waals surface area contributed by atoms with E-state index in [2.05, 4.69) is 0 Å². The fourth-order valence-corrected chi connectivity index (χ4v) is 5.45. The van der Waals surface area contributed by atoms with Crippen molar-refractivity contribution in [3.63, 3.8) is 0 Å². The van der Waals surface area contributed by atoms with Gasteiger partial charge in [-0.05, 0) is 35.9 Å². The Morgan fingerprint density at radius 3 is 2.42 bits per heavy atom. The summed E-state index contributed by atoms with van der Waals surface area (Å²) in [5.74, 6) is 0.996. The Bertz CT molecular complexity index is 981. The number of ether oxygens (including phenoxy) is 1. The van der Waals surface area contributed by atoms with Gasteiger partial charge in [-0.25, -0.2) is 0 Å². The number of para-hydroxylation sites is 1. The molecule has 1 unspecified atom stereocenters. The van der Waals surface area contributed by atoms with E-state index in [0.29, 0.717) is 22.1 Å². The van der Waals surface area contributed by atoms with Crippen LogP contribution in [0, 0.1) is 0 Å². The maximum Gasteiger partial charge on any atom is 0.311 e. The Hall–Kier alpha value is -2.71. The van der Waals surface area contributed by atoms with E-state index in [-0.39, 0.29) is 5.75 Å². The van der Waals surface area contributed by atoms with Gasteiger partial charge < -0.3 is 14.4 Å². The molecule has 0 saturated carbocycles. The Balaban J connectivity index is 2.04. The third-order valence-corrected chi connectivity index (χ3v) is 6.57. The smallest absolute Gasteiger partial charge is 0.311 e. The molecule has 1 aliphatic heterocycles. The van der Waals surface area contributed by atoms with Crippen molar-refractivity contribution < 1.29 is 18.9 Å². The minimum absolute atomic E-state index is 0.0148. The number of methoxy groups -OCH3 is 1. The average molecular weight is 338 g/mol. The van der Waals surface area contributed by atoms with Crippen LogP contribution in [0.4, 0.5) is 0 Å². The molecule has 5 heteroatoms. The summed E-state index contributed by atoms with van der Waals surface area (Å²) < 4.78 is 25.3. The van der Waals surface area contributed by atoms with E-state index in [1.54, 1.807) is 18.2 Å². The summed E-state index contributed by atoms with van der Waals surface area (Å²) in [5, 5.41) is 10.8. The SMILES string of the molecule is COc1ccc(O)cc1P1(=O)Oc2ccccc2-c2ccccc21. The highest BCUT2D eigenvalue weighted by atomic mass is 31.2. The molecule has 120 valence electrons. The number of fused-ring (bicyclic) bond motifs is 3. The second kappa shape index (κ2) is 5.43. The minimum atomic E-state index is -3.45. The zero-order valence-corrected chi connectivity index (χ0v) is 13.9. The lowest BCUT2D eigenvalue weighted by molar-refractivity contribution is 0.414. The molecule has 1 atom stereocenters. The molecule has 0 fully saturated rings. The van der Waals surface area contributed by atoms with E-state index in [0.717, 1.165) is 11.1 Å². The van der Waals surface area contributed by atoms with E-state index < -0.39 is 7.37 Å². The van der Waals surface area contributed by atoms with Gasteiger partial charge in [0.25, 0.3) is 0 Å². The van der Waals surface area contributed by atoms with Crippen molar-refractivity contribution in [2.24, 2.45) is 0 Å². The largest absolute Gasteiger partial charge is 0.508 e. The van der Waals surface area contributed by atoms with Crippen LogP contribution in [0.15, 0.2) is 66.7 Å². The van der Waals surface area contributed by atoms with Crippen molar-refractivity contribution in [3.05, 3.63) is 66.7 Å². The molecule has 0 bridgehead atoms. The molecular weight excluding hydrogens is 323 g/mol. The van der Waals surface area contributed by atoms with Gasteiger partial charge in [0.15, 0.2) is 0 Å². The number of aromatic hydroxyl groups is 1. The molecule has 3 aromatic carbocycles. The molecule has 1 N–H and O–H groups in total. The third kappa shape index (κ3) is 2.11. The third-order valence-electron chi connectivity index (χ3n) is 4.10. The molecule has 0 spiro atoms. The molecule has 4 rings (SSSR count). The van der Waals surface area contributed by atoms with Crippen LogP contribution in [-0.4, -0.2) is 12.2 Å². The molecule has 0 radical (unpaired) electrons. The predicted molar refractivity (Wildman–Crippen MR) is 94.0 cm³/mol. The molecule has 0 amide bonds. The summed E-state index contributed by atoms with van der Waals surface area (Å²) in [6.45, 7) is 0. The molecule has 3 aromatic rings. The predicted octanol–water partition coefficient (Wildman–Crippen LogP) is 3.69. The van der Waals surface area contributed by atoms with Crippen molar-refractivity contribution in [3.8, 4) is 28.4 Å². The van der Waals surface area contributed by atoms with Gasteiger partial charge in [-0.1, -0.05) is 36.4 Å². The van der Waals surface area contributed by atoms with Crippen LogP contribution in [0.1, 0.15) is 0 Å². The normalized spacial score (nSPS) is 18.2. The van der Waals surface area contributed by atoms with Crippen molar-refractivity contribution in [1.82, 2.24) is 0 Å². The van der Waals surface area contributed by atoms with Gasteiger partial charge in [0.1, 0.15) is 17.2 Å². The number of rotatable bonds is 2. The first kappa shape index (κ1) is 14.9. The number of phenolic OH excluding ortho intramolecular Hbond substituents is 1. The van der Waals surface area contributed by atoms with E-state index in [9.17, 15) is 9.67 Å². The molecular formula is C19H15O4P. The summed E-state index contributed by atoms with van der Waals surface area (Å²) in [7, 11) is -1.95. The van der Waals surface area contributed by atoms with E-state index >= 15 is 0 Å². The van der Waals surface area contributed by atoms with Gasteiger partial charge in [-0.3, -0.25) is 4.57 Å². The first-order valence-electron chi connectivity index (χ1n) is 7.50. The molecule has 0 saturated heterocycles.